The molecule has 4 aromatic rings. The largest absolute Gasteiger partial charge is 0.420 e. The van der Waals surface area contributed by atoms with E-state index in [2.05, 4.69) is 36.9 Å². The summed E-state index contributed by atoms with van der Waals surface area (Å²) in [5.41, 5.74) is 1.91. The predicted molar refractivity (Wildman–Crippen MR) is 119 cm³/mol. The summed E-state index contributed by atoms with van der Waals surface area (Å²) in [5.74, 6) is 3.12. The molecule has 1 aliphatic rings. The number of rotatable bonds is 6. The first kappa shape index (κ1) is 19.9. The van der Waals surface area contributed by atoms with E-state index in [1.165, 1.54) is 19.3 Å². The third-order valence-electron chi connectivity index (χ3n) is 5.79. The van der Waals surface area contributed by atoms with Crippen LogP contribution < -0.4 is 0 Å². The summed E-state index contributed by atoms with van der Waals surface area (Å²) < 4.78 is 8.18. The maximum absolute atomic E-state index is 5.88. The molecule has 2 atom stereocenters. The van der Waals surface area contributed by atoms with E-state index in [9.17, 15) is 0 Å². The molecule has 0 saturated heterocycles. The molecule has 7 nitrogen and oxygen atoms in total. The summed E-state index contributed by atoms with van der Waals surface area (Å²) in [6.07, 6.45) is 8.51. The molecule has 0 amide bonds. The number of nitrogens with zero attached hydrogens (tertiary/aromatic N) is 6. The minimum Gasteiger partial charge on any atom is -0.420 e. The molecule has 1 aliphatic carbocycles. The molecular formula is C23H24N6OS. The zero-order valence-corrected chi connectivity index (χ0v) is 18.2. The highest BCUT2D eigenvalue weighted by Crippen LogP contribution is 2.39. The summed E-state index contributed by atoms with van der Waals surface area (Å²) in [6.45, 7) is 2.33. The van der Waals surface area contributed by atoms with Gasteiger partial charge in [-0.1, -0.05) is 49.7 Å². The van der Waals surface area contributed by atoms with Crippen LogP contribution >= 0.6 is 11.8 Å². The van der Waals surface area contributed by atoms with E-state index < -0.39 is 0 Å². The third kappa shape index (κ3) is 4.25. The molecule has 1 fully saturated rings. The van der Waals surface area contributed by atoms with E-state index in [-0.39, 0.29) is 0 Å². The van der Waals surface area contributed by atoms with Gasteiger partial charge in [-0.2, -0.15) is 0 Å². The zero-order chi connectivity index (χ0) is 21.0. The van der Waals surface area contributed by atoms with E-state index in [1.807, 2.05) is 48.7 Å². The van der Waals surface area contributed by atoms with Crippen molar-refractivity contribution in [1.82, 2.24) is 29.9 Å². The Labute approximate surface area is 185 Å². The van der Waals surface area contributed by atoms with Crippen LogP contribution in [0.2, 0.25) is 0 Å². The summed E-state index contributed by atoms with van der Waals surface area (Å²) in [5, 5.41) is 18.4. The fourth-order valence-corrected chi connectivity index (χ4v) is 5.01. The van der Waals surface area contributed by atoms with Crippen molar-refractivity contribution in [3.05, 3.63) is 60.7 Å². The molecule has 3 heterocycles. The van der Waals surface area contributed by atoms with Crippen molar-refractivity contribution in [3.8, 4) is 22.8 Å². The highest BCUT2D eigenvalue weighted by molar-refractivity contribution is 7.98. The minimum absolute atomic E-state index is 0.379. The maximum atomic E-state index is 5.88. The van der Waals surface area contributed by atoms with Crippen molar-refractivity contribution in [2.24, 2.45) is 5.92 Å². The Bertz CT molecular complexity index is 1130. The van der Waals surface area contributed by atoms with Crippen molar-refractivity contribution < 1.29 is 4.42 Å². The number of thioether (sulfide) groups is 1. The van der Waals surface area contributed by atoms with E-state index in [0.29, 0.717) is 29.5 Å². The predicted octanol–water partition coefficient (Wildman–Crippen LogP) is 5.43. The van der Waals surface area contributed by atoms with Crippen LogP contribution in [0.25, 0.3) is 22.8 Å². The van der Waals surface area contributed by atoms with Gasteiger partial charge in [-0.25, -0.2) is 0 Å². The Balaban J connectivity index is 1.41. The van der Waals surface area contributed by atoms with Gasteiger partial charge in [0.1, 0.15) is 0 Å². The summed E-state index contributed by atoms with van der Waals surface area (Å²) in [6, 6.07) is 14.2. The lowest BCUT2D eigenvalue weighted by Crippen LogP contribution is -2.22. The quantitative estimate of drug-likeness (QED) is 0.375. The SMILES string of the molecule is C[C@H]1CCCC[C@@H]1n1c(SCc2nnc(-c3ccccc3)o2)nnc1-c1cccnc1. The van der Waals surface area contributed by atoms with Gasteiger partial charge in [-0.05, 0) is 43.0 Å². The summed E-state index contributed by atoms with van der Waals surface area (Å²) >= 11 is 1.59. The molecule has 0 spiro atoms. The Hall–Kier alpha value is -3.00. The van der Waals surface area contributed by atoms with E-state index in [4.69, 9.17) is 4.42 Å². The monoisotopic (exact) mass is 432 g/mol. The van der Waals surface area contributed by atoms with Crippen LogP contribution in [0.4, 0.5) is 0 Å². The van der Waals surface area contributed by atoms with Crippen molar-refractivity contribution in [2.75, 3.05) is 0 Å². The lowest BCUT2D eigenvalue weighted by Gasteiger charge is -2.31. The Morgan fingerprint density at radius 2 is 1.81 bits per heavy atom. The lowest BCUT2D eigenvalue weighted by molar-refractivity contribution is 0.247. The van der Waals surface area contributed by atoms with Crippen LogP contribution in [0.15, 0.2) is 64.4 Å². The molecule has 3 aromatic heterocycles. The van der Waals surface area contributed by atoms with Gasteiger partial charge in [0.15, 0.2) is 11.0 Å². The van der Waals surface area contributed by atoms with E-state index >= 15 is 0 Å². The van der Waals surface area contributed by atoms with Gasteiger partial charge in [0, 0.05) is 29.6 Å². The Morgan fingerprint density at radius 1 is 0.968 bits per heavy atom. The molecule has 0 N–H and O–H groups in total. The first-order valence-corrected chi connectivity index (χ1v) is 11.6. The van der Waals surface area contributed by atoms with Gasteiger partial charge in [0.05, 0.1) is 5.75 Å². The average molecular weight is 433 g/mol. The van der Waals surface area contributed by atoms with Gasteiger partial charge in [0.25, 0.3) is 0 Å². The number of hydrogen-bond acceptors (Lipinski definition) is 7. The summed E-state index contributed by atoms with van der Waals surface area (Å²) in [7, 11) is 0. The Kier molecular flexibility index (Phi) is 5.80. The van der Waals surface area contributed by atoms with Crippen molar-refractivity contribution in [3.63, 3.8) is 0 Å². The molecule has 0 unspecified atom stereocenters. The normalized spacial score (nSPS) is 18.9. The molecule has 0 bridgehead atoms. The molecule has 5 rings (SSSR count). The van der Waals surface area contributed by atoms with Crippen molar-refractivity contribution in [2.45, 2.75) is 49.6 Å². The molecule has 31 heavy (non-hydrogen) atoms. The van der Waals surface area contributed by atoms with E-state index in [0.717, 1.165) is 28.5 Å². The van der Waals surface area contributed by atoms with Gasteiger partial charge in [-0.3, -0.25) is 9.55 Å². The van der Waals surface area contributed by atoms with Crippen LogP contribution in [0.1, 0.15) is 44.5 Å². The molecular weight excluding hydrogens is 408 g/mol. The number of hydrogen-bond donors (Lipinski definition) is 0. The standard InChI is InChI=1S/C23H24N6OS/c1-16-8-5-6-12-19(16)29-21(18-11-7-13-24-14-18)26-28-23(29)31-15-20-25-27-22(30-20)17-9-3-2-4-10-17/h2-4,7,9-11,13-14,16,19H,5-6,8,12,15H2,1H3/t16-,19-/m0/s1. The van der Waals surface area contributed by atoms with Gasteiger partial charge in [0.2, 0.25) is 11.8 Å². The topological polar surface area (TPSA) is 82.5 Å². The van der Waals surface area contributed by atoms with Gasteiger partial charge >= 0.3 is 0 Å². The van der Waals surface area contributed by atoms with Crippen LogP contribution in [-0.2, 0) is 5.75 Å². The van der Waals surface area contributed by atoms with Crippen LogP contribution in [0, 0.1) is 5.92 Å². The van der Waals surface area contributed by atoms with Crippen molar-refractivity contribution >= 4 is 11.8 Å². The molecule has 1 aromatic carbocycles. The number of benzene rings is 1. The highest BCUT2D eigenvalue weighted by Gasteiger charge is 2.29. The maximum Gasteiger partial charge on any atom is 0.247 e. The molecule has 8 heteroatoms. The fourth-order valence-electron chi connectivity index (χ4n) is 4.18. The van der Waals surface area contributed by atoms with Crippen LogP contribution in [0.3, 0.4) is 0 Å². The second-order valence-corrected chi connectivity index (χ2v) is 8.85. The molecule has 0 radical (unpaired) electrons. The Morgan fingerprint density at radius 3 is 2.61 bits per heavy atom. The smallest absolute Gasteiger partial charge is 0.247 e. The van der Waals surface area contributed by atoms with Gasteiger partial charge in [-0.15, -0.1) is 20.4 Å². The fraction of sp³-hybridized carbons (Fsp3) is 0.348. The summed E-state index contributed by atoms with van der Waals surface area (Å²) in [4.78, 5) is 4.28. The zero-order valence-electron chi connectivity index (χ0n) is 17.4. The number of pyridine rings is 1. The van der Waals surface area contributed by atoms with E-state index in [1.54, 1.807) is 18.0 Å². The second-order valence-electron chi connectivity index (χ2n) is 7.90. The van der Waals surface area contributed by atoms with Crippen LogP contribution in [-0.4, -0.2) is 29.9 Å². The van der Waals surface area contributed by atoms with Crippen LogP contribution in [0.5, 0.6) is 0 Å². The first-order chi connectivity index (χ1) is 15.3. The molecule has 0 aliphatic heterocycles. The average Bonchev–Trinajstić information content (AvgIpc) is 3.46. The van der Waals surface area contributed by atoms with Gasteiger partial charge < -0.3 is 4.42 Å². The highest BCUT2D eigenvalue weighted by atomic mass is 32.2. The first-order valence-electron chi connectivity index (χ1n) is 10.7. The minimum atomic E-state index is 0.379. The molecule has 1 saturated carbocycles. The number of aromatic nitrogens is 6. The molecule has 158 valence electrons. The second kappa shape index (κ2) is 9.01. The lowest BCUT2D eigenvalue weighted by atomic mass is 9.85. The van der Waals surface area contributed by atoms with Crippen molar-refractivity contribution in [1.29, 1.82) is 0 Å². The third-order valence-corrected chi connectivity index (χ3v) is 6.72.